The van der Waals surface area contributed by atoms with Crippen LogP contribution in [-0.2, 0) is 0 Å². The highest BCUT2D eigenvalue weighted by Gasteiger charge is 2.45. The minimum Gasteiger partial charge on any atom is -0.357 e. The van der Waals surface area contributed by atoms with Gasteiger partial charge in [-0.3, -0.25) is 0 Å². The van der Waals surface area contributed by atoms with Crippen LogP contribution in [0.1, 0.15) is 26.7 Å². The molecule has 0 spiro atoms. The molecule has 8 nitrogen and oxygen atoms in total. The monoisotopic (exact) mass is 288 g/mol. The van der Waals surface area contributed by atoms with Gasteiger partial charge in [-0.15, -0.1) is 0 Å². The normalized spacial score (nSPS) is 16.0. The number of aromatic nitrogens is 6. The molecule has 0 radical (unpaired) electrons. The molecule has 2 heterocycles. The van der Waals surface area contributed by atoms with E-state index in [1.807, 2.05) is 0 Å². The Morgan fingerprint density at radius 2 is 2.00 bits per heavy atom. The molecule has 2 aromatic heterocycles. The van der Waals surface area contributed by atoms with Crippen molar-refractivity contribution in [2.45, 2.75) is 26.7 Å². The molecule has 2 N–H and O–H groups in total. The highest BCUT2D eigenvalue weighted by atomic mass is 15.4. The lowest BCUT2D eigenvalue weighted by Gasteiger charge is -2.20. The van der Waals surface area contributed by atoms with Crippen molar-refractivity contribution in [3.05, 3.63) is 12.7 Å². The third-order valence-electron chi connectivity index (χ3n) is 4.19. The average Bonchev–Trinajstić information content (AvgIpc) is 3.09. The van der Waals surface area contributed by atoms with Gasteiger partial charge >= 0.3 is 0 Å². The summed E-state index contributed by atoms with van der Waals surface area (Å²) in [5, 5.41) is 10.3. The smallest absolute Gasteiger partial charge is 0.258 e. The molecule has 2 aromatic rings. The molecule has 0 atom stereocenters. The number of hydrogen-bond donors (Lipinski definition) is 2. The van der Waals surface area contributed by atoms with E-state index in [0.29, 0.717) is 29.2 Å². The number of anilines is 2. The van der Waals surface area contributed by atoms with E-state index in [9.17, 15) is 0 Å². The summed E-state index contributed by atoms with van der Waals surface area (Å²) in [6, 6.07) is 0. The van der Waals surface area contributed by atoms with E-state index >= 15 is 0 Å². The van der Waals surface area contributed by atoms with Crippen molar-refractivity contribution in [1.29, 1.82) is 0 Å². The summed E-state index contributed by atoms with van der Waals surface area (Å²) in [6.45, 7) is 5.42. The van der Waals surface area contributed by atoms with E-state index in [4.69, 9.17) is 0 Å². The van der Waals surface area contributed by atoms with Gasteiger partial charge in [-0.1, -0.05) is 13.8 Å². The van der Waals surface area contributed by atoms with Gasteiger partial charge in [-0.25, -0.2) is 4.98 Å². The molecule has 1 aliphatic rings. The Morgan fingerprint density at radius 3 is 2.57 bits per heavy atom. The second kappa shape index (κ2) is 5.27. The molecule has 0 saturated heterocycles. The summed E-state index contributed by atoms with van der Waals surface area (Å²) < 4.78 is 1.52. The van der Waals surface area contributed by atoms with Crippen molar-refractivity contribution < 1.29 is 0 Å². The van der Waals surface area contributed by atoms with Gasteiger partial charge in [0, 0.05) is 13.6 Å². The van der Waals surface area contributed by atoms with E-state index in [-0.39, 0.29) is 0 Å². The van der Waals surface area contributed by atoms with Crippen LogP contribution in [0.25, 0.3) is 5.95 Å². The third kappa shape index (κ3) is 2.79. The van der Waals surface area contributed by atoms with Gasteiger partial charge in [0.2, 0.25) is 11.9 Å². The first-order chi connectivity index (χ1) is 10.1. The van der Waals surface area contributed by atoms with Gasteiger partial charge in [0.1, 0.15) is 12.7 Å². The summed E-state index contributed by atoms with van der Waals surface area (Å²) in [7, 11) is 1.78. The van der Waals surface area contributed by atoms with Crippen LogP contribution in [-0.4, -0.2) is 43.3 Å². The maximum absolute atomic E-state index is 4.40. The Kier molecular flexibility index (Phi) is 3.44. The van der Waals surface area contributed by atoms with Crippen molar-refractivity contribution in [2.24, 2.45) is 11.3 Å². The van der Waals surface area contributed by atoms with E-state index in [1.54, 1.807) is 13.4 Å². The molecule has 0 amide bonds. The summed E-state index contributed by atoms with van der Waals surface area (Å²) in [6.07, 6.45) is 5.54. The molecular formula is C13H20N8. The maximum Gasteiger partial charge on any atom is 0.258 e. The number of nitrogens with zero attached hydrogens (tertiary/aromatic N) is 6. The van der Waals surface area contributed by atoms with Gasteiger partial charge in [0.05, 0.1) is 0 Å². The molecule has 0 bridgehead atoms. The van der Waals surface area contributed by atoms with E-state index < -0.39 is 0 Å². The largest absolute Gasteiger partial charge is 0.357 e. The zero-order chi connectivity index (χ0) is 14.9. The summed E-state index contributed by atoms with van der Waals surface area (Å²) in [5.41, 5.74) is 0.389. The molecule has 0 unspecified atom stereocenters. The van der Waals surface area contributed by atoms with Crippen LogP contribution >= 0.6 is 0 Å². The molecule has 8 heteroatoms. The van der Waals surface area contributed by atoms with Crippen molar-refractivity contribution in [2.75, 3.05) is 24.2 Å². The zero-order valence-electron chi connectivity index (χ0n) is 12.5. The molecular weight excluding hydrogens is 268 g/mol. The predicted octanol–water partition coefficient (Wildman–Crippen LogP) is 1.34. The Morgan fingerprint density at radius 1 is 1.24 bits per heavy atom. The first-order valence-corrected chi connectivity index (χ1v) is 7.16. The average molecular weight is 288 g/mol. The Bertz CT molecular complexity index is 603. The van der Waals surface area contributed by atoms with E-state index in [2.05, 4.69) is 49.5 Å². The molecule has 0 aromatic carbocycles. The van der Waals surface area contributed by atoms with Crippen LogP contribution in [0.15, 0.2) is 12.7 Å². The third-order valence-corrected chi connectivity index (χ3v) is 4.19. The van der Waals surface area contributed by atoms with Crippen LogP contribution in [0.4, 0.5) is 11.9 Å². The zero-order valence-corrected chi connectivity index (χ0v) is 12.5. The molecule has 112 valence electrons. The Balaban J connectivity index is 1.80. The second-order valence-corrected chi connectivity index (χ2v) is 5.74. The van der Waals surface area contributed by atoms with Gasteiger partial charge in [-0.05, 0) is 24.2 Å². The van der Waals surface area contributed by atoms with Crippen molar-refractivity contribution in [1.82, 2.24) is 29.7 Å². The molecule has 0 aliphatic heterocycles. The van der Waals surface area contributed by atoms with Crippen LogP contribution in [0, 0.1) is 11.3 Å². The van der Waals surface area contributed by atoms with Crippen molar-refractivity contribution in [3.8, 4) is 5.95 Å². The Labute approximate surface area is 123 Å². The predicted molar refractivity (Wildman–Crippen MR) is 79.3 cm³/mol. The van der Waals surface area contributed by atoms with Crippen LogP contribution < -0.4 is 10.6 Å². The molecule has 1 aliphatic carbocycles. The summed E-state index contributed by atoms with van der Waals surface area (Å²) in [4.78, 5) is 16.9. The Hall–Kier alpha value is -2.25. The highest BCUT2D eigenvalue weighted by Crippen LogP contribution is 2.51. The molecule has 21 heavy (non-hydrogen) atoms. The number of rotatable bonds is 6. The van der Waals surface area contributed by atoms with E-state index in [0.717, 1.165) is 6.54 Å². The standard InChI is InChI=1S/C13H20N8/c1-9(2)13(4-5-13)6-16-11-18-10(14-3)19-12(20-11)21-8-15-7-17-21/h7-9H,4-6H2,1-3H3,(H2,14,16,18,19,20). The lowest BCUT2D eigenvalue weighted by atomic mass is 9.92. The van der Waals surface area contributed by atoms with E-state index in [1.165, 1.54) is 23.9 Å². The molecule has 1 fully saturated rings. The summed E-state index contributed by atoms with van der Waals surface area (Å²) >= 11 is 0. The quantitative estimate of drug-likeness (QED) is 0.828. The van der Waals surface area contributed by atoms with Crippen molar-refractivity contribution in [3.63, 3.8) is 0 Å². The lowest BCUT2D eigenvalue weighted by molar-refractivity contribution is 0.379. The minimum absolute atomic E-state index is 0.389. The fraction of sp³-hybridized carbons (Fsp3) is 0.615. The van der Waals surface area contributed by atoms with Gasteiger partial charge in [-0.2, -0.15) is 24.7 Å². The fourth-order valence-corrected chi connectivity index (χ4v) is 2.34. The topological polar surface area (TPSA) is 93.4 Å². The SMILES string of the molecule is CNc1nc(NCC2(C(C)C)CC2)nc(-n2cncn2)n1. The van der Waals surface area contributed by atoms with Gasteiger partial charge < -0.3 is 10.6 Å². The van der Waals surface area contributed by atoms with Crippen LogP contribution in [0.5, 0.6) is 0 Å². The minimum atomic E-state index is 0.389. The molecule has 1 saturated carbocycles. The first-order valence-electron chi connectivity index (χ1n) is 7.16. The van der Waals surface area contributed by atoms with Crippen LogP contribution in [0.3, 0.4) is 0 Å². The number of hydrogen-bond acceptors (Lipinski definition) is 7. The van der Waals surface area contributed by atoms with Crippen LogP contribution in [0.2, 0.25) is 0 Å². The lowest BCUT2D eigenvalue weighted by Crippen LogP contribution is -2.22. The highest BCUT2D eigenvalue weighted by molar-refractivity contribution is 5.37. The van der Waals surface area contributed by atoms with Gasteiger partial charge in [0.25, 0.3) is 5.95 Å². The second-order valence-electron chi connectivity index (χ2n) is 5.74. The summed E-state index contributed by atoms with van der Waals surface area (Å²) in [5.74, 6) is 2.17. The molecule has 3 rings (SSSR count). The van der Waals surface area contributed by atoms with Gasteiger partial charge in [0.15, 0.2) is 0 Å². The maximum atomic E-state index is 4.40. The van der Waals surface area contributed by atoms with Crippen molar-refractivity contribution >= 4 is 11.9 Å². The fourth-order valence-electron chi connectivity index (χ4n) is 2.34. The number of nitrogens with one attached hydrogen (secondary N) is 2. The first kappa shape index (κ1) is 13.7.